The van der Waals surface area contributed by atoms with Crippen molar-refractivity contribution < 1.29 is 19.7 Å². The van der Waals surface area contributed by atoms with Crippen molar-refractivity contribution in [3.05, 3.63) is 34.1 Å². The van der Waals surface area contributed by atoms with Gasteiger partial charge in [0, 0.05) is 17.9 Å². The number of nitrogens with two attached hydrogens (primary N) is 1. The van der Waals surface area contributed by atoms with Crippen molar-refractivity contribution in [1.29, 1.82) is 0 Å². The van der Waals surface area contributed by atoms with E-state index < -0.39 is 0 Å². The molecule has 1 aliphatic heterocycles. The summed E-state index contributed by atoms with van der Waals surface area (Å²) in [4.78, 5) is 16.6. The number of nitrogens with one attached hydrogen (secondary N) is 2. The highest BCUT2D eigenvalue weighted by Crippen LogP contribution is 2.33. The van der Waals surface area contributed by atoms with Gasteiger partial charge in [-0.3, -0.25) is 4.79 Å². The second kappa shape index (κ2) is 7.02. The Hall–Kier alpha value is -2.05. The number of fused-ring (bicyclic) bond motifs is 2. The Labute approximate surface area is 135 Å². The molecule has 0 fully saturated rings. The summed E-state index contributed by atoms with van der Waals surface area (Å²) in [6.07, 6.45) is 1.15. The minimum Gasteiger partial charge on any atom is -0.486 e. The highest BCUT2D eigenvalue weighted by Gasteiger charge is 2.14. The van der Waals surface area contributed by atoms with Gasteiger partial charge in [-0.15, -0.1) is 0 Å². The van der Waals surface area contributed by atoms with E-state index in [1.165, 1.54) is 4.90 Å². The number of hydrogen-bond donors (Lipinski definition) is 3. The Bertz CT molecular complexity index is 740. The van der Waals surface area contributed by atoms with Crippen molar-refractivity contribution in [2.24, 2.45) is 0 Å². The Morgan fingerprint density at radius 2 is 1.91 bits per heavy atom. The van der Waals surface area contributed by atoms with Crippen molar-refractivity contribution in [3.63, 3.8) is 0 Å². The van der Waals surface area contributed by atoms with Crippen LogP contribution in [0.15, 0.2) is 23.0 Å². The lowest BCUT2D eigenvalue weighted by atomic mass is 10.1. The molecule has 0 saturated carbocycles. The van der Waals surface area contributed by atoms with E-state index in [0.29, 0.717) is 25.5 Å². The first-order valence-electron chi connectivity index (χ1n) is 8.20. The van der Waals surface area contributed by atoms with Crippen LogP contribution < -0.4 is 25.2 Å². The van der Waals surface area contributed by atoms with Gasteiger partial charge in [0.25, 0.3) is 5.56 Å². The monoisotopic (exact) mass is 319 g/mol. The smallest absolute Gasteiger partial charge is 0.257 e. The molecular weight excluding hydrogens is 294 g/mol. The Kier molecular flexibility index (Phi) is 4.83. The molecule has 0 saturated heterocycles. The van der Waals surface area contributed by atoms with Crippen molar-refractivity contribution in [2.75, 3.05) is 40.4 Å². The summed E-state index contributed by atoms with van der Waals surface area (Å²) in [7, 11) is 4.31. The zero-order valence-corrected chi connectivity index (χ0v) is 13.8. The molecule has 0 spiro atoms. The van der Waals surface area contributed by atoms with Crippen LogP contribution in [0.5, 0.6) is 11.5 Å². The summed E-state index contributed by atoms with van der Waals surface area (Å²) in [5.74, 6) is 1.45. The van der Waals surface area contributed by atoms with Crippen molar-refractivity contribution in [2.45, 2.75) is 13.0 Å². The molecule has 1 aliphatic rings. The average molecular weight is 319 g/mol. The number of H-pyrrole nitrogens is 1. The third-order valence-corrected chi connectivity index (χ3v) is 4.03. The lowest BCUT2D eigenvalue weighted by molar-refractivity contribution is -0.860. The number of ether oxygens (including phenoxy) is 2. The van der Waals surface area contributed by atoms with Crippen molar-refractivity contribution >= 4 is 10.9 Å². The number of rotatable bonds is 6. The minimum absolute atomic E-state index is 0.0244. The molecule has 6 nitrogen and oxygen atoms in total. The van der Waals surface area contributed by atoms with Gasteiger partial charge in [-0.2, -0.15) is 0 Å². The first-order valence-corrected chi connectivity index (χ1v) is 8.20. The largest absolute Gasteiger partial charge is 0.486 e. The summed E-state index contributed by atoms with van der Waals surface area (Å²) in [6.45, 7) is 3.99. The van der Waals surface area contributed by atoms with Gasteiger partial charge in [0.1, 0.15) is 19.8 Å². The van der Waals surface area contributed by atoms with Gasteiger partial charge in [-0.1, -0.05) is 0 Å². The second-order valence-corrected chi connectivity index (χ2v) is 6.30. The van der Waals surface area contributed by atoms with E-state index in [2.05, 4.69) is 24.4 Å². The Balaban J connectivity index is 1.73. The Morgan fingerprint density at radius 3 is 2.65 bits per heavy atom. The van der Waals surface area contributed by atoms with E-state index in [4.69, 9.17) is 9.47 Å². The molecule has 0 atom stereocenters. The van der Waals surface area contributed by atoms with Crippen LogP contribution in [0.1, 0.15) is 12.0 Å². The summed E-state index contributed by atoms with van der Waals surface area (Å²) >= 11 is 0. The van der Waals surface area contributed by atoms with E-state index in [1.807, 2.05) is 18.2 Å². The van der Waals surface area contributed by atoms with Crippen LogP contribution in [0.4, 0.5) is 0 Å². The standard InChI is InChI=1S/C17H23N3O3/c1-20(2)5-3-4-18-11-13-8-12-9-15-16(23-7-6-22-15)10-14(12)19-17(13)21/h8-10,18H,3-7,11H2,1-2H3,(H,19,21)/p+2. The van der Waals surface area contributed by atoms with E-state index in [9.17, 15) is 4.79 Å². The van der Waals surface area contributed by atoms with E-state index in [0.717, 1.165) is 41.7 Å². The van der Waals surface area contributed by atoms with Crippen molar-refractivity contribution in [1.82, 2.24) is 4.98 Å². The maximum Gasteiger partial charge on any atom is 0.257 e. The third-order valence-electron chi connectivity index (χ3n) is 4.03. The van der Waals surface area contributed by atoms with Crippen LogP contribution >= 0.6 is 0 Å². The molecule has 1 aromatic carbocycles. The van der Waals surface area contributed by atoms with Gasteiger partial charge in [-0.25, -0.2) is 0 Å². The second-order valence-electron chi connectivity index (χ2n) is 6.30. The molecule has 2 heterocycles. The number of benzene rings is 1. The lowest BCUT2D eigenvalue weighted by Gasteiger charge is -2.18. The topological polar surface area (TPSA) is 72.4 Å². The summed E-state index contributed by atoms with van der Waals surface area (Å²) < 4.78 is 11.2. The first-order chi connectivity index (χ1) is 11.1. The molecule has 0 aliphatic carbocycles. The molecule has 124 valence electrons. The van der Waals surface area contributed by atoms with Crippen LogP contribution in [0.25, 0.3) is 10.9 Å². The number of aromatic amines is 1. The SMILES string of the molecule is C[NH+](C)CCC[NH2+]Cc1cc2cc3c(cc2[nH]c1=O)OCCO3. The van der Waals surface area contributed by atoms with Crippen LogP contribution in [-0.2, 0) is 6.54 Å². The van der Waals surface area contributed by atoms with Gasteiger partial charge in [0.2, 0.25) is 0 Å². The van der Waals surface area contributed by atoms with Crippen LogP contribution in [0.2, 0.25) is 0 Å². The van der Waals surface area contributed by atoms with Crippen LogP contribution in [-0.4, -0.2) is 45.4 Å². The highest BCUT2D eigenvalue weighted by molar-refractivity contribution is 5.83. The van der Waals surface area contributed by atoms with Gasteiger partial charge < -0.3 is 24.7 Å². The molecule has 2 aromatic rings. The molecule has 3 rings (SSSR count). The zero-order chi connectivity index (χ0) is 16.2. The molecule has 0 bridgehead atoms. The molecule has 6 heteroatoms. The highest BCUT2D eigenvalue weighted by atomic mass is 16.6. The van der Waals surface area contributed by atoms with Gasteiger partial charge in [-0.05, 0) is 12.1 Å². The number of hydrogen-bond acceptors (Lipinski definition) is 3. The lowest BCUT2D eigenvalue weighted by Crippen LogP contribution is -3.06. The summed E-state index contributed by atoms with van der Waals surface area (Å²) in [5.41, 5.74) is 1.56. The fourth-order valence-corrected chi connectivity index (χ4v) is 2.80. The van der Waals surface area contributed by atoms with Crippen molar-refractivity contribution in [3.8, 4) is 11.5 Å². The van der Waals surface area contributed by atoms with Crippen LogP contribution in [0, 0.1) is 0 Å². The normalized spacial score (nSPS) is 13.7. The maximum atomic E-state index is 12.2. The van der Waals surface area contributed by atoms with Gasteiger partial charge >= 0.3 is 0 Å². The quantitative estimate of drug-likeness (QED) is 0.592. The fraction of sp³-hybridized carbons (Fsp3) is 0.471. The first kappa shape index (κ1) is 15.8. The molecular formula is C17H25N3O3+2. The van der Waals surface area contributed by atoms with E-state index >= 15 is 0 Å². The Morgan fingerprint density at radius 1 is 1.17 bits per heavy atom. The van der Waals surface area contributed by atoms with E-state index in [1.54, 1.807) is 0 Å². The average Bonchev–Trinajstić information content (AvgIpc) is 2.53. The minimum atomic E-state index is -0.0244. The maximum absolute atomic E-state index is 12.2. The van der Waals surface area contributed by atoms with Gasteiger partial charge in [0.05, 0.1) is 38.3 Å². The van der Waals surface area contributed by atoms with Gasteiger partial charge in [0.15, 0.2) is 11.5 Å². The molecule has 1 aromatic heterocycles. The predicted octanol–water partition coefficient (Wildman–Crippen LogP) is -1.10. The molecule has 0 unspecified atom stereocenters. The number of pyridine rings is 1. The number of quaternary nitrogens is 2. The third kappa shape index (κ3) is 3.83. The molecule has 4 N–H and O–H groups in total. The molecule has 0 amide bonds. The van der Waals surface area contributed by atoms with E-state index in [-0.39, 0.29) is 5.56 Å². The number of aromatic nitrogens is 1. The molecule has 0 radical (unpaired) electrons. The predicted molar refractivity (Wildman–Crippen MR) is 88.3 cm³/mol. The molecule has 23 heavy (non-hydrogen) atoms. The summed E-state index contributed by atoms with van der Waals surface area (Å²) in [5, 5.41) is 3.17. The zero-order valence-electron chi connectivity index (χ0n) is 13.8. The van der Waals surface area contributed by atoms with Crippen LogP contribution in [0.3, 0.4) is 0 Å². The summed E-state index contributed by atoms with van der Waals surface area (Å²) in [6, 6.07) is 5.75. The fourth-order valence-electron chi connectivity index (χ4n) is 2.80.